The third kappa shape index (κ3) is 4.01. The smallest absolute Gasteiger partial charge is 0.138 e. The average Bonchev–Trinajstić information content (AvgIpc) is 2.37. The number of rotatable bonds is 7. The Morgan fingerprint density at radius 1 is 1.40 bits per heavy atom. The molecule has 0 amide bonds. The molecule has 1 aromatic rings. The van der Waals surface area contributed by atoms with E-state index in [4.69, 9.17) is 27.9 Å². The number of aliphatic hydroxyl groups is 1. The molecule has 2 rings (SSSR count). The van der Waals surface area contributed by atoms with Crippen LogP contribution in [0.1, 0.15) is 32.6 Å². The van der Waals surface area contributed by atoms with Crippen molar-refractivity contribution in [1.29, 1.82) is 0 Å². The summed E-state index contributed by atoms with van der Waals surface area (Å²) in [7, 11) is 0. The lowest BCUT2D eigenvalue weighted by molar-refractivity contribution is 0.0812. The highest BCUT2D eigenvalue weighted by Gasteiger charge is 2.34. The van der Waals surface area contributed by atoms with Gasteiger partial charge < -0.3 is 15.2 Å². The fourth-order valence-corrected chi connectivity index (χ4v) is 2.89. The van der Waals surface area contributed by atoms with Crippen LogP contribution in [0.25, 0.3) is 0 Å². The van der Waals surface area contributed by atoms with Gasteiger partial charge in [0.15, 0.2) is 0 Å². The van der Waals surface area contributed by atoms with Crippen LogP contribution in [0.2, 0.25) is 10.0 Å². The van der Waals surface area contributed by atoms with Crippen molar-refractivity contribution in [3.05, 3.63) is 28.2 Å². The summed E-state index contributed by atoms with van der Waals surface area (Å²) < 4.78 is 5.52. The second-order valence-electron chi connectivity index (χ2n) is 5.41. The minimum Gasteiger partial charge on any atom is -0.489 e. The van der Waals surface area contributed by atoms with E-state index < -0.39 is 6.10 Å². The summed E-state index contributed by atoms with van der Waals surface area (Å²) in [6.45, 7) is 2.94. The van der Waals surface area contributed by atoms with Crippen molar-refractivity contribution in [2.45, 2.75) is 44.2 Å². The van der Waals surface area contributed by atoms with E-state index in [9.17, 15) is 5.11 Å². The summed E-state index contributed by atoms with van der Waals surface area (Å²) in [6, 6.07) is 5.06. The molecule has 1 fully saturated rings. The minimum atomic E-state index is -0.550. The van der Waals surface area contributed by atoms with Crippen molar-refractivity contribution in [3.63, 3.8) is 0 Å². The van der Waals surface area contributed by atoms with Gasteiger partial charge in [-0.1, -0.05) is 30.1 Å². The summed E-state index contributed by atoms with van der Waals surface area (Å²) in [5.41, 5.74) is 0.235. The van der Waals surface area contributed by atoms with Gasteiger partial charge in [-0.3, -0.25) is 0 Å². The average molecular weight is 318 g/mol. The molecule has 3 nitrogen and oxygen atoms in total. The largest absolute Gasteiger partial charge is 0.489 e. The highest BCUT2D eigenvalue weighted by atomic mass is 35.5. The first-order valence-electron chi connectivity index (χ1n) is 7.05. The molecular weight excluding hydrogens is 297 g/mol. The van der Waals surface area contributed by atoms with Crippen LogP contribution in [0.3, 0.4) is 0 Å². The van der Waals surface area contributed by atoms with Crippen LogP contribution in [0.4, 0.5) is 0 Å². The Kier molecular flexibility index (Phi) is 5.56. The van der Waals surface area contributed by atoms with E-state index in [0.717, 1.165) is 6.42 Å². The third-order valence-electron chi connectivity index (χ3n) is 4.03. The minimum absolute atomic E-state index is 0.216. The van der Waals surface area contributed by atoms with E-state index in [0.29, 0.717) is 22.3 Å². The van der Waals surface area contributed by atoms with E-state index >= 15 is 0 Å². The zero-order valence-corrected chi connectivity index (χ0v) is 13.2. The number of benzene rings is 1. The maximum Gasteiger partial charge on any atom is 0.138 e. The van der Waals surface area contributed by atoms with Crippen molar-refractivity contribution in [2.24, 2.45) is 0 Å². The lowest BCUT2D eigenvalue weighted by Gasteiger charge is -2.42. The van der Waals surface area contributed by atoms with Crippen molar-refractivity contribution in [2.75, 3.05) is 13.2 Å². The number of hydrogen-bond donors (Lipinski definition) is 2. The fourth-order valence-electron chi connectivity index (χ4n) is 2.43. The Labute approximate surface area is 130 Å². The Balaban J connectivity index is 1.76. The van der Waals surface area contributed by atoms with Crippen LogP contribution >= 0.6 is 23.2 Å². The highest BCUT2D eigenvalue weighted by Crippen LogP contribution is 2.34. The van der Waals surface area contributed by atoms with Gasteiger partial charge in [0.05, 0.1) is 5.02 Å². The van der Waals surface area contributed by atoms with Crippen LogP contribution in [-0.2, 0) is 0 Å². The van der Waals surface area contributed by atoms with Crippen LogP contribution in [0.5, 0.6) is 5.75 Å². The van der Waals surface area contributed by atoms with Gasteiger partial charge in [0.1, 0.15) is 18.5 Å². The summed E-state index contributed by atoms with van der Waals surface area (Å²) in [6.07, 6.45) is 4.21. The normalized spacial score (nSPS) is 18.4. The van der Waals surface area contributed by atoms with E-state index in [2.05, 4.69) is 12.2 Å². The second-order valence-corrected chi connectivity index (χ2v) is 6.25. The molecule has 1 unspecified atom stereocenters. The first kappa shape index (κ1) is 15.9. The molecular formula is C15H21Cl2NO2. The number of hydrogen-bond acceptors (Lipinski definition) is 3. The predicted molar refractivity (Wildman–Crippen MR) is 82.8 cm³/mol. The molecule has 0 aromatic heterocycles. The molecule has 1 aromatic carbocycles. The zero-order chi connectivity index (χ0) is 14.6. The second kappa shape index (κ2) is 6.99. The predicted octanol–water partition coefficient (Wildman–Crippen LogP) is 3.66. The topological polar surface area (TPSA) is 41.5 Å². The van der Waals surface area contributed by atoms with Gasteiger partial charge in [-0.05, 0) is 43.9 Å². The molecule has 0 spiro atoms. The van der Waals surface area contributed by atoms with Crippen molar-refractivity contribution >= 4 is 23.2 Å². The molecule has 1 atom stereocenters. The van der Waals surface area contributed by atoms with Crippen molar-refractivity contribution in [3.8, 4) is 5.75 Å². The number of ether oxygens (including phenoxy) is 1. The SMILES string of the molecule is CCC1(NCC(O)COc2ccc(Cl)cc2Cl)CCC1. The lowest BCUT2D eigenvalue weighted by Crippen LogP contribution is -2.53. The van der Waals surface area contributed by atoms with Crippen molar-refractivity contribution < 1.29 is 9.84 Å². The fraction of sp³-hybridized carbons (Fsp3) is 0.600. The third-order valence-corrected chi connectivity index (χ3v) is 4.56. The van der Waals surface area contributed by atoms with Gasteiger partial charge in [0.25, 0.3) is 0 Å². The summed E-state index contributed by atoms with van der Waals surface area (Å²) in [5.74, 6) is 0.545. The molecule has 1 aliphatic carbocycles. The van der Waals surface area contributed by atoms with Gasteiger partial charge in [0.2, 0.25) is 0 Å². The zero-order valence-electron chi connectivity index (χ0n) is 11.7. The van der Waals surface area contributed by atoms with Gasteiger partial charge >= 0.3 is 0 Å². The first-order valence-corrected chi connectivity index (χ1v) is 7.81. The maximum atomic E-state index is 9.98. The van der Waals surface area contributed by atoms with E-state index in [1.165, 1.54) is 19.3 Å². The monoisotopic (exact) mass is 317 g/mol. The summed E-state index contributed by atoms with van der Waals surface area (Å²) in [4.78, 5) is 0. The van der Waals surface area contributed by atoms with Gasteiger partial charge in [-0.25, -0.2) is 0 Å². The summed E-state index contributed by atoms with van der Waals surface area (Å²) >= 11 is 11.8. The molecule has 5 heteroatoms. The molecule has 0 bridgehead atoms. The Hall–Kier alpha value is -0.480. The molecule has 1 aliphatic rings. The number of halogens is 2. The van der Waals surface area contributed by atoms with Crippen LogP contribution < -0.4 is 10.1 Å². The van der Waals surface area contributed by atoms with E-state index in [-0.39, 0.29) is 12.1 Å². The lowest BCUT2D eigenvalue weighted by atomic mass is 9.75. The van der Waals surface area contributed by atoms with Gasteiger partial charge in [-0.15, -0.1) is 0 Å². The van der Waals surface area contributed by atoms with Crippen LogP contribution in [-0.4, -0.2) is 29.9 Å². The van der Waals surface area contributed by atoms with E-state index in [1.54, 1.807) is 18.2 Å². The first-order chi connectivity index (χ1) is 9.54. The van der Waals surface area contributed by atoms with E-state index in [1.807, 2.05) is 0 Å². The van der Waals surface area contributed by atoms with Crippen molar-refractivity contribution in [1.82, 2.24) is 5.32 Å². The molecule has 112 valence electrons. The highest BCUT2D eigenvalue weighted by molar-refractivity contribution is 6.35. The van der Waals surface area contributed by atoms with Crippen LogP contribution in [0.15, 0.2) is 18.2 Å². The number of aliphatic hydroxyl groups excluding tert-OH is 1. The molecule has 1 saturated carbocycles. The molecule has 0 heterocycles. The molecule has 20 heavy (non-hydrogen) atoms. The summed E-state index contributed by atoms with van der Waals surface area (Å²) in [5, 5.41) is 14.5. The number of β-amino-alcohol motifs (C(OH)–C–C–N with tert-alkyl or cyclic N) is 1. The molecule has 0 aliphatic heterocycles. The quantitative estimate of drug-likeness (QED) is 0.806. The molecule has 2 N–H and O–H groups in total. The number of nitrogens with one attached hydrogen (secondary N) is 1. The molecule has 0 saturated heterocycles. The Morgan fingerprint density at radius 3 is 2.70 bits per heavy atom. The maximum absolute atomic E-state index is 9.98. The van der Waals surface area contributed by atoms with Gasteiger partial charge in [-0.2, -0.15) is 0 Å². The molecule has 0 radical (unpaired) electrons. The standard InChI is InChI=1S/C15H21Cl2NO2/c1-2-15(6-3-7-15)18-9-12(19)10-20-14-5-4-11(16)8-13(14)17/h4-5,8,12,18-19H,2-3,6-7,9-10H2,1H3. The Morgan fingerprint density at radius 2 is 2.15 bits per heavy atom. The Bertz CT molecular complexity index is 444. The van der Waals surface area contributed by atoms with Crippen LogP contribution in [0, 0.1) is 0 Å². The van der Waals surface area contributed by atoms with Gasteiger partial charge in [0, 0.05) is 17.1 Å².